The van der Waals surface area contributed by atoms with Gasteiger partial charge in [-0.15, -0.1) is 0 Å². The van der Waals surface area contributed by atoms with Crippen molar-refractivity contribution in [2.75, 3.05) is 0 Å². The first kappa shape index (κ1) is 16.2. The first-order chi connectivity index (χ1) is 11.6. The number of carboxylic acids is 1. The molecule has 1 aliphatic carbocycles. The molecule has 2 aromatic rings. The van der Waals surface area contributed by atoms with Crippen LogP contribution in [0.15, 0.2) is 60.2 Å². The van der Waals surface area contributed by atoms with Crippen LogP contribution < -0.4 is 0 Å². The highest BCUT2D eigenvalue weighted by Gasteiger charge is 2.21. The predicted molar refractivity (Wildman–Crippen MR) is 95.4 cm³/mol. The highest BCUT2D eigenvalue weighted by molar-refractivity contribution is 5.81. The molecule has 0 bridgehead atoms. The lowest BCUT2D eigenvalue weighted by Gasteiger charge is -2.14. The highest BCUT2D eigenvalue weighted by Crippen LogP contribution is 2.33. The minimum atomic E-state index is -1.00. The largest absolute Gasteiger partial charge is 0.478 e. The number of hydrogen-bond acceptors (Lipinski definition) is 2. The van der Waals surface area contributed by atoms with E-state index in [0.717, 1.165) is 41.2 Å². The lowest BCUT2D eigenvalue weighted by molar-refractivity contribution is -0.131. The average Bonchev–Trinajstić information content (AvgIpc) is 2.73. The number of carboxylic acid groups (broad SMARTS) is 1. The van der Waals surface area contributed by atoms with Crippen LogP contribution in [0.3, 0.4) is 0 Å². The van der Waals surface area contributed by atoms with E-state index in [9.17, 15) is 9.90 Å². The van der Waals surface area contributed by atoms with Crippen molar-refractivity contribution in [3.8, 4) is 0 Å². The van der Waals surface area contributed by atoms with Gasteiger partial charge in [0, 0.05) is 6.08 Å². The molecule has 0 saturated carbocycles. The van der Waals surface area contributed by atoms with Crippen molar-refractivity contribution in [1.82, 2.24) is 0 Å². The summed E-state index contributed by atoms with van der Waals surface area (Å²) in [6.07, 6.45) is 6.72. The number of aryl methyl sites for hydroxylation is 1. The van der Waals surface area contributed by atoms with Gasteiger partial charge in [-0.25, -0.2) is 4.79 Å². The van der Waals surface area contributed by atoms with E-state index in [1.54, 1.807) is 0 Å². The number of carbonyl (C=O) groups is 1. The van der Waals surface area contributed by atoms with Crippen LogP contribution >= 0.6 is 0 Å². The molecule has 0 aromatic heterocycles. The van der Waals surface area contributed by atoms with Gasteiger partial charge in [0.05, 0.1) is 0 Å². The zero-order chi connectivity index (χ0) is 16.9. The zero-order valence-electron chi connectivity index (χ0n) is 13.4. The van der Waals surface area contributed by atoms with Crippen LogP contribution in [0, 0.1) is 0 Å². The molecule has 1 unspecified atom stereocenters. The minimum absolute atomic E-state index is 0.578. The summed E-state index contributed by atoms with van der Waals surface area (Å²) >= 11 is 0. The second kappa shape index (κ2) is 7.28. The third-order valence-corrected chi connectivity index (χ3v) is 4.30. The van der Waals surface area contributed by atoms with Gasteiger partial charge in [-0.1, -0.05) is 60.7 Å². The predicted octanol–water partition coefficient (Wildman–Crippen LogP) is 4.24. The summed E-state index contributed by atoms with van der Waals surface area (Å²) < 4.78 is 0. The van der Waals surface area contributed by atoms with Gasteiger partial charge in [0.25, 0.3) is 0 Å². The van der Waals surface area contributed by atoms with Gasteiger partial charge in [-0.05, 0) is 47.1 Å². The molecule has 1 atom stereocenters. The Bertz CT molecular complexity index is 788. The van der Waals surface area contributed by atoms with Crippen LogP contribution in [0.4, 0.5) is 0 Å². The molecule has 2 N–H and O–H groups in total. The SMILES string of the molecule is O=C(O)/C=C1\CCCc2cc(/C=C/c3ccccc3)ccc2C1O. The van der Waals surface area contributed by atoms with Crippen LogP contribution in [-0.4, -0.2) is 16.2 Å². The van der Waals surface area contributed by atoms with E-state index in [1.807, 2.05) is 42.5 Å². The van der Waals surface area contributed by atoms with Gasteiger partial charge < -0.3 is 10.2 Å². The molecule has 3 rings (SSSR count). The van der Waals surface area contributed by atoms with Crippen molar-refractivity contribution in [1.29, 1.82) is 0 Å². The van der Waals surface area contributed by atoms with Gasteiger partial charge in [0.2, 0.25) is 0 Å². The number of benzene rings is 2. The van der Waals surface area contributed by atoms with E-state index in [0.29, 0.717) is 12.0 Å². The molecule has 3 heteroatoms. The van der Waals surface area contributed by atoms with Crippen LogP contribution in [0.5, 0.6) is 0 Å². The fourth-order valence-corrected chi connectivity index (χ4v) is 3.10. The lowest BCUT2D eigenvalue weighted by atomic mass is 9.96. The molecule has 3 nitrogen and oxygen atoms in total. The molecule has 0 saturated heterocycles. The van der Waals surface area contributed by atoms with Crippen molar-refractivity contribution < 1.29 is 15.0 Å². The van der Waals surface area contributed by atoms with Crippen LogP contribution in [0.1, 0.15) is 41.2 Å². The molecule has 24 heavy (non-hydrogen) atoms. The van der Waals surface area contributed by atoms with Crippen LogP contribution in [-0.2, 0) is 11.2 Å². The second-order valence-corrected chi connectivity index (χ2v) is 6.02. The number of rotatable bonds is 3. The number of fused-ring (bicyclic) bond motifs is 1. The minimum Gasteiger partial charge on any atom is -0.478 e. The van der Waals surface area contributed by atoms with Crippen molar-refractivity contribution in [2.24, 2.45) is 0 Å². The summed E-state index contributed by atoms with van der Waals surface area (Å²) in [5.41, 5.74) is 4.70. The molecule has 0 radical (unpaired) electrons. The van der Waals surface area contributed by atoms with E-state index >= 15 is 0 Å². The Morgan fingerprint density at radius 3 is 2.50 bits per heavy atom. The Hall–Kier alpha value is -2.65. The summed E-state index contributed by atoms with van der Waals surface area (Å²) in [6, 6.07) is 16.0. The second-order valence-electron chi connectivity index (χ2n) is 6.02. The Balaban J connectivity index is 1.87. The summed E-state index contributed by atoms with van der Waals surface area (Å²) in [5, 5.41) is 19.4. The van der Waals surface area contributed by atoms with E-state index in [1.165, 1.54) is 0 Å². The third-order valence-electron chi connectivity index (χ3n) is 4.30. The van der Waals surface area contributed by atoms with Gasteiger partial charge in [-0.3, -0.25) is 0 Å². The first-order valence-electron chi connectivity index (χ1n) is 8.11. The smallest absolute Gasteiger partial charge is 0.328 e. The maximum Gasteiger partial charge on any atom is 0.328 e. The third kappa shape index (κ3) is 3.81. The van der Waals surface area contributed by atoms with E-state index in [-0.39, 0.29) is 0 Å². The van der Waals surface area contributed by atoms with Crippen molar-refractivity contribution in [3.63, 3.8) is 0 Å². The Morgan fingerprint density at radius 2 is 1.75 bits per heavy atom. The molecular formula is C21H20O3. The topological polar surface area (TPSA) is 57.5 Å². The highest BCUT2D eigenvalue weighted by atomic mass is 16.4. The fourth-order valence-electron chi connectivity index (χ4n) is 3.10. The number of aliphatic carboxylic acids is 1. The maximum atomic E-state index is 10.9. The van der Waals surface area contributed by atoms with E-state index in [4.69, 9.17) is 5.11 Å². The standard InChI is InChI=1S/C21H20O3/c22-20(23)14-18-8-4-7-17-13-16(11-12-19(17)21(18)24)10-9-15-5-2-1-3-6-15/h1-3,5-6,9-14,21,24H,4,7-8H2,(H,22,23)/b10-9+,18-14+. The summed E-state index contributed by atoms with van der Waals surface area (Å²) in [5.74, 6) is -1.00. The summed E-state index contributed by atoms with van der Waals surface area (Å²) in [4.78, 5) is 10.9. The quantitative estimate of drug-likeness (QED) is 0.505. The zero-order valence-corrected chi connectivity index (χ0v) is 13.4. The molecule has 2 aromatic carbocycles. The first-order valence-corrected chi connectivity index (χ1v) is 8.11. The monoisotopic (exact) mass is 320 g/mol. The van der Waals surface area contributed by atoms with Gasteiger partial charge >= 0.3 is 5.97 Å². The number of aliphatic hydroxyl groups excluding tert-OH is 1. The Morgan fingerprint density at radius 1 is 1.00 bits per heavy atom. The van der Waals surface area contributed by atoms with Crippen molar-refractivity contribution >= 4 is 18.1 Å². The maximum absolute atomic E-state index is 10.9. The van der Waals surface area contributed by atoms with Gasteiger partial charge in [0.15, 0.2) is 0 Å². The molecule has 0 spiro atoms. The molecule has 0 amide bonds. The molecular weight excluding hydrogens is 300 g/mol. The molecule has 0 aliphatic heterocycles. The van der Waals surface area contributed by atoms with Crippen LogP contribution in [0.25, 0.3) is 12.2 Å². The Kier molecular flexibility index (Phi) is 4.92. The van der Waals surface area contributed by atoms with Gasteiger partial charge in [0.1, 0.15) is 6.10 Å². The number of hydrogen-bond donors (Lipinski definition) is 2. The summed E-state index contributed by atoms with van der Waals surface area (Å²) in [6.45, 7) is 0. The molecule has 0 fully saturated rings. The van der Waals surface area contributed by atoms with Gasteiger partial charge in [-0.2, -0.15) is 0 Å². The molecule has 0 heterocycles. The Labute approximate surface area is 141 Å². The lowest BCUT2D eigenvalue weighted by Crippen LogP contribution is -2.04. The average molecular weight is 320 g/mol. The molecule has 1 aliphatic rings. The molecule has 122 valence electrons. The normalized spacial score (nSPS) is 19.2. The fraction of sp³-hybridized carbons (Fsp3) is 0.190. The van der Waals surface area contributed by atoms with Crippen molar-refractivity contribution in [3.05, 3.63) is 82.4 Å². The summed E-state index contributed by atoms with van der Waals surface area (Å²) in [7, 11) is 0. The van der Waals surface area contributed by atoms with Crippen molar-refractivity contribution in [2.45, 2.75) is 25.4 Å². The van der Waals surface area contributed by atoms with E-state index < -0.39 is 12.1 Å². The van der Waals surface area contributed by atoms with Crippen LogP contribution in [0.2, 0.25) is 0 Å². The van der Waals surface area contributed by atoms with E-state index in [2.05, 4.69) is 18.2 Å². The number of aliphatic hydroxyl groups is 1.